The molecule has 3 aromatic rings. The van der Waals surface area contributed by atoms with E-state index in [4.69, 9.17) is 0 Å². The summed E-state index contributed by atoms with van der Waals surface area (Å²) in [5.74, 6) is -4.51. The molecule has 158 valence electrons. The predicted molar refractivity (Wildman–Crippen MR) is 102 cm³/mol. The molecule has 1 amide bonds. The van der Waals surface area contributed by atoms with E-state index in [0.29, 0.717) is 4.31 Å². The van der Waals surface area contributed by atoms with E-state index in [0.717, 1.165) is 22.3 Å². The van der Waals surface area contributed by atoms with Gasteiger partial charge in [-0.2, -0.15) is 17.5 Å². The summed E-state index contributed by atoms with van der Waals surface area (Å²) in [6, 6.07) is 8.82. The number of fused-ring (bicyclic) bond motifs is 3. The molecule has 1 aliphatic rings. The number of carbonyl (C=O) groups excluding carboxylic acids is 1. The average molecular weight is 440 g/mol. The van der Waals surface area contributed by atoms with Crippen LogP contribution < -0.4 is 4.31 Å². The molecule has 0 N–H and O–H groups in total. The summed E-state index contributed by atoms with van der Waals surface area (Å²) >= 11 is 0. The maximum Gasteiger partial charge on any atom is 0.396 e. The third kappa shape index (κ3) is 2.97. The van der Waals surface area contributed by atoms with Gasteiger partial charge in [0.25, 0.3) is 10.0 Å². The zero-order valence-corrected chi connectivity index (χ0v) is 16.7. The largest absolute Gasteiger partial charge is 0.396 e. The second-order valence-electron chi connectivity index (χ2n) is 7.23. The molecule has 2 aromatic carbocycles. The standard InChI is InChI=1S/C20H16F4N2O3S/c1-11-3-6-13(7-4-11)30(28,29)26-17(27)10-15(20(22,23)24)18-14-8-5-12(21)9-16(14)25(2)19(18)26/h3-9,15H,10H2,1-2H3/t15-/m0/s1. The van der Waals surface area contributed by atoms with Crippen molar-refractivity contribution in [1.82, 2.24) is 4.57 Å². The Bertz CT molecular complexity index is 1280. The minimum absolute atomic E-state index is 0.0489. The molecular weight excluding hydrogens is 424 g/mol. The average Bonchev–Trinajstić information content (AvgIpc) is 2.92. The minimum atomic E-state index is -4.78. The van der Waals surface area contributed by atoms with Crippen LogP contribution in [0.15, 0.2) is 47.4 Å². The number of carbonyl (C=O) groups is 1. The Hall–Kier alpha value is -2.88. The van der Waals surface area contributed by atoms with Crippen molar-refractivity contribution in [2.45, 2.75) is 30.3 Å². The summed E-state index contributed by atoms with van der Waals surface area (Å²) in [6.07, 6.45) is -5.84. The fourth-order valence-electron chi connectivity index (χ4n) is 3.84. The molecule has 0 aliphatic carbocycles. The molecule has 5 nitrogen and oxygen atoms in total. The zero-order chi connectivity index (χ0) is 22.0. The molecule has 0 saturated carbocycles. The predicted octanol–water partition coefficient (Wildman–Crippen LogP) is 4.40. The third-order valence-electron chi connectivity index (χ3n) is 5.27. The van der Waals surface area contributed by atoms with E-state index in [2.05, 4.69) is 0 Å². The number of halogens is 4. The monoisotopic (exact) mass is 440 g/mol. The van der Waals surface area contributed by atoms with Crippen molar-refractivity contribution in [1.29, 1.82) is 0 Å². The lowest BCUT2D eigenvalue weighted by atomic mass is 9.91. The van der Waals surface area contributed by atoms with E-state index >= 15 is 0 Å². The molecule has 1 atom stereocenters. The van der Waals surface area contributed by atoms with Crippen LogP contribution in [0.25, 0.3) is 10.9 Å². The van der Waals surface area contributed by atoms with E-state index in [9.17, 15) is 30.8 Å². The number of nitrogens with zero attached hydrogens (tertiary/aromatic N) is 2. The molecular formula is C20H16F4N2O3S. The van der Waals surface area contributed by atoms with Crippen molar-refractivity contribution in [2.75, 3.05) is 4.31 Å². The van der Waals surface area contributed by atoms with Crippen LogP contribution in [0.5, 0.6) is 0 Å². The number of anilines is 1. The van der Waals surface area contributed by atoms with Gasteiger partial charge in [0.05, 0.1) is 16.3 Å². The van der Waals surface area contributed by atoms with Crippen LogP contribution in [-0.4, -0.2) is 25.1 Å². The van der Waals surface area contributed by atoms with E-state index in [-0.39, 0.29) is 21.4 Å². The normalized spacial score (nSPS) is 17.5. The van der Waals surface area contributed by atoms with Crippen LogP contribution in [-0.2, 0) is 21.9 Å². The lowest BCUT2D eigenvalue weighted by Gasteiger charge is -2.33. The van der Waals surface area contributed by atoms with Gasteiger partial charge >= 0.3 is 6.18 Å². The third-order valence-corrected chi connectivity index (χ3v) is 7.00. The fraction of sp³-hybridized carbons (Fsp3) is 0.250. The molecule has 30 heavy (non-hydrogen) atoms. The van der Waals surface area contributed by atoms with Gasteiger partial charge in [0.1, 0.15) is 11.6 Å². The first-order valence-corrected chi connectivity index (χ1v) is 10.4. The minimum Gasteiger partial charge on any atom is -0.329 e. The number of aromatic nitrogens is 1. The number of hydrogen-bond acceptors (Lipinski definition) is 3. The Balaban J connectivity index is 2.05. The van der Waals surface area contributed by atoms with Gasteiger partial charge < -0.3 is 4.57 Å². The lowest BCUT2D eigenvalue weighted by Crippen LogP contribution is -2.44. The van der Waals surface area contributed by atoms with Crippen LogP contribution >= 0.6 is 0 Å². The Labute approximate surface area is 169 Å². The van der Waals surface area contributed by atoms with Gasteiger partial charge in [0.2, 0.25) is 5.91 Å². The van der Waals surface area contributed by atoms with Gasteiger partial charge in [-0.05, 0) is 37.3 Å². The molecule has 0 spiro atoms. The van der Waals surface area contributed by atoms with Crippen LogP contribution in [0.4, 0.5) is 23.4 Å². The van der Waals surface area contributed by atoms with E-state index in [1.165, 1.54) is 37.4 Å². The van der Waals surface area contributed by atoms with Gasteiger partial charge in [0, 0.05) is 24.4 Å². The van der Waals surface area contributed by atoms with Crippen molar-refractivity contribution >= 4 is 32.7 Å². The van der Waals surface area contributed by atoms with Crippen LogP contribution in [0.2, 0.25) is 0 Å². The molecule has 1 aliphatic heterocycles. The fourth-order valence-corrected chi connectivity index (χ4v) is 5.32. The van der Waals surface area contributed by atoms with Crippen LogP contribution in [0.1, 0.15) is 23.5 Å². The molecule has 0 radical (unpaired) electrons. The summed E-state index contributed by atoms with van der Waals surface area (Å²) in [5, 5.41) is 0.0489. The molecule has 0 unspecified atom stereocenters. The van der Waals surface area contributed by atoms with Crippen LogP contribution in [0, 0.1) is 12.7 Å². The van der Waals surface area contributed by atoms with Crippen LogP contribution in [0.3, 0.4) is 0 Å². The topological polar surface area (TPSA) is 59.4 Å². The first-order valence-electron chi connectivity index (χ1n) is 8.92. The number of benzene rings is 2. The summed E-state index contributed by atoms with van der Waals surface area (Å²) in [5.41, 5.74) is 0.486. The summed E-state index contributed by atoms with van der Waals surface area (Å²) < 4.78 is 83.2. The second kappa shape index (κ2) is 6.56. The van der Waals surface area contributed by atoms with Crippen molar-refractivity contribution < 1.29 is 30.8 Å². The summed E-state index contributed by atoms with van der Waals surface area (Å²) in [7, 11) is -3.18. The highest BCUT2D eigenvalue weighted by atomic mass is 32.2. The number of hydrogen-bond donors (Lipinski definition) is 0. The molecule has 0 saturated heterocycles. The highest BCUT2D eigenvalue weighted by molar-refractivity contribution is 7.93. The van der Waals surface area contributed by atoms with Gasteiger partial charge in [-0.15, -0.1) is 0 Å². The van der Waals surface area contributed by atoms with E-state index < -0.39 is 46.1 Å². The van der Waals surface area contributed by atoms with E-state index in [1.54, 1.807) is 6.92 Å². The molecule has 0 bridgehead atoms. The van der Waals surface area contributed by atoms with Crippen molar-refractivity contribution in [3.63, 3.8) is 0 Å². The second-order valence-corrected chi connectivity index (χ2v) is 9.02. The highest BCUT2D eigenvalue weighted by Crippen LogP contribution is 2.50. The SMILES string of the molecule is Cc1ccc(S(=O)(=O)N2C(=O)C[C@H](C(F)(F)F)c3c2n(C)c2cc(F)ccc32)cc1. The van der Waals surface area contributed by atoms with Crippen molar-refractivity contribution in [2.24, 2.45) is 7.05 Å². The molecule has 0 fully saturated rings. The Morgan fingerprint density at radius 2 is 1.70 bits per heavy atom. The maximum absolute atomic E-state index is 13.8. The van der Waals surface area contributed by atoms with Crippen molar-refractivity contribution in [3.8, 4) is 0 Å². The van der Waals surface area contributed by atoms with Gasteiger partial charge in [0.15, 0.2) is 0 Å². The molecule has 10 heteroatoms. The number of amides is 1. The summed E-state index contributed by atoms with van der Waals surface area (Å²) in [4.78, 5) is 12.5. The first kappa shape index (κ1) is 20.4. The molecule has 1 aromatic heterocycles. The van der Waals surface area contributed by atoms with Crippen molar-refractivity contribution in [3.05, 3.63) is 59.4 Å². The highest BCUT2D eigenvalue weighted by Gasteiger charge is 2.52. The first-order chi connectivity index (χ1) is 13.9. The van der Waals surface area contributed by atoms with Gasteiger partial charge in [-0.25, -0.2) is 12.8 Å². The summed E-state index contributed by atoms with van der Waals surface area (Å²) in [6.45, 7) is 1.74. The Morgan fingerprint density at radius 1 is 1.07 bits per heavy atom. The van der Waals surface area contributed by atoms with Gasteiger partial charge in [-0.1, -0.05) is 17.7 Å². The quantitative estimate of drug-likeness (QED) is 0.555. The Kier molecular flexibility index (Phi) is 4.46. The maximum atomic E-state index is 13.8. The molecule has 4 rings (SSSR count). The number of sulfonamides is 1. The smallest absolute Gasteiger partial charge is 0.329 e. The number of alkyl halides is 3. The number of rotatable bonds is 2. The lowest BCUT2D eigenvalue weighted by molar-refractivity contribution is -0.157. The zero-order valence-electron chi connectivity index (χ0n) is 15.9. The van der Waals surface area contributed by atoms with Gasteiger partial charge in [-0.3, -0.25) is 4.79 Å². The Morgan fingerprint density at radius 3 is 2.30 bits per heavy atom. The molecule has 2 heterocycles. The van der Waals surface area contributed by atoms with E-state index in [1.807, 2.05) is 0 Å². The number of aryl methyl sites for hydroxylation is 2.